The summed E-state index contributed by atoms with van der Waals surface area (Å²) in [5.74, 6) is 0.735. The first kappa shape index (κ1) is 14.9. The molecule has 1 aromatic heterocycles. The van der Waals surface area contributed by atoms with Gasteiger partial charge in [-0.2, -0.15) is 0 Å². The minimum Gasteiger partial charge on any atom is -0.455 e. The third kappa shape index (κ3) is 4.28. The van der Waals surface area contributed by atoms with Crippen molar-refractivity contribution in [2.75, 3.05) is 6.54 Å². The van der Waals surface area contributed by atoms with Crippen LogP contribution in [0.5, 0.6) is 11.5 Å². The van der Waals surface area contributed by atoms with Crippen LogP contribution in [0.3, 0.4) is 0 Å². The number of pyridine rings is 1. The number of hydrogen-bond donors (Lipinski definition) is 1. The second kappa shape index (κ2) is 7.36. The van der Waals surface area contributed by atoms with E-state index in [1.807, 2.05) is 6.07 Å². The molecule has 1 N–H and O–H groups in total. The highest BCUT2D eigenvalue weighted by Crippen LogP contribution is 2.27. The fourth-order valence-corrected chi connectivity index (χ4v) is 2.21. The summed E-state index contributed by atoms with van der Waals surface area (Å²) in [7, 11) is 0. The molecule has 0 aliphatic carbocycles. The van der Waals surface area contributed by atoms with E-state index in [2.05, 4.69) is 33.2 Å². The molecular formula is C15H16BrFN2O. The van der Waals surface area contributed by atoms with Gasteiger partial charge in [0, 0.05) is 28.8 Å². The highest BCUT2D eigenvalue weighted by molar-refractivity contribution is 9.10. The van der Waals surface area contributed by atoms with Gasteiger partial charge in [-0.25, -0.2) is 4.39 Å². The van der Waals surface area contributed by atoms with Crippen LogP contribution in [0.2, 0.25) is 0 Å². The van der Waals surface area contributed by atoms with Crippen molar-refractivity contribution in [3.63, 3.8) is 0 Å². The molecule has 0 aliphatic rings. The Morgan fingerprint density at radius 1 is 1.35 bits per heavy atom. The predicted octanol–water partition coefficient (Wildman–Crippen LogP) is 4.28. The van der Waals surface area contributed by atoms with Gasteiger partial charge in [0.25, 0.3) is 0 Å². The summed E-state index contributed by atoms with van der Waals surface area (Å²) in [5, 5.41) is 3.31. The van der Waals surface area contributed by atoms with E-state index in [1.54, 1.807) is 18.5 Å². The molecule has 106 valence electrons. The largest absolute Gasteiger partial charge is 0.455 e. The van der Waals surface area contributed by atoms with E-state index in [4.69, 9.17) is 4.74 Å². The number of rotatable bonds is 6. The van der Waals surface area contributed by atoms with Crippen molar-refractivity contribution in [2.24, 2.45) is 0 Å². The van der Waals surface area contributed by atoms with Crippen LogP contribution in [0.4, 0.5) is 4.39 Å². The highest BCUT2D eigenvalue weighted by Gasteiger charge is 2.06. The minimum atomic E-state index is -0.344. The zero-order valence-corrected chi connectivity index (χ0v) is 12.8. The van der Waals surface area contributed by atoms with Gasteiger partial charge in [-0.05, 0) is 31.2 Å². The summed E-state index contributed by atoms with van der Waals surface area (Å²) < 4.78 is 19.7. The fourth-order valence-electron chi connectivity index (χ4n) is 1.76. The molecule has 0 bridgehead atoms. The smallest absolute Gasteiger partial charge is 0.150 e. The molecule has 1 heterocycles. The van der Waals surface area contributed by atoms with Crippen LogP contribution in [0.1, 0.15) is 18.9 Å². The normalized spacial score (nSPS) is 10.6. The molecule has 0 amide bonds. The van der Waals surface area contributed by atoms with Crippen molar-refractivity contribution < 1.29 is 9.13 Å². The molecular weight excluding hydrogens is 323 g/mol. The predicted molar refractivity (Wildman–Crippen MR) is 80.4 cm³/mol. The maximum absolute atomic E-state index is 13.3. The maximum atomic E-state index is 13.3. The minimum absolute atomic E-state index is 0.344. The fraction of sp³-hybridized carbons (Fsp3) is 0.267. The molecule has 0 radical (unpaired) electrons. The van der Waals surface area contributed by atoms with Gasteiger partial charge in [0.2, 0.25) is 0 Å². The molecule has 2 aromatic rings. The Hall–Kier alpha value is -1.46. The lowest BCUT2D eigenvalue weighted by molar-refractivity contribution is 0.464. The van der Waals surface area contributed by atoms with Crippen LogP contribution in [-0.4, -0.2) is 11.5 Å². The first-order valence-corrected chi connectivity index (χ1v) is 7.26. The molecule has 0 atom stereocenters. The Kier molecular flexibility index (Phi) is 5.49. The molecule has 3 nitrogen and oxygen atoms in total. The zero-order valence-electron chi connectivity index (χ0n) is 11.2. The first-order chi connectivity index (χ1) is 9.69. The average molecular weight is 339 g/mol. The summed E-state index contributed by atoms with van der Waals surface area (Å²) in [6.45, 7) is 3.75. The summed E-state index contributed by atoms with van der Waals surface area (Å²) in [6, 6.07) is 6.35. The third-order valence-electron chi connectivity index (χ3n) is 2.68. The Morgan fingerprint density at radius 2 is 2.20 bits per heavy atom. The Bertz CT molecular complexity index is 557. The number of aromatic nitrogens is 1. The molecule has 0 aliphatic heterocycles. The number of ether oxygens (including phenoxy) is 1. The molecule has 0 unspecified atom stereocenters. The molecule has 1 aromatic carbocycles. The molecule has 0 spiro atoms. The SMILES string of the molecule is CCCNCc1ccncc1Oc1cc(F)cc(Br)c1. The van der Waals surface area contributed by atoms with Gasteiger partial charge in [-0.15, -0.1) is 0 Å². The Morgan fingerprint density at radius 3 is 2.95 bits per heavy atom. The van der Waals surface area contributed by atoms with E-state index < -0.39 is 0 Å². The average Bonchev–Trinajstić information content (AvgIpc) is 2.40. The molecule has 0 saturated heterocycles. The zero-order chi connectivity index (χ0) is 14.4. The van der Waals surface area contributed by atoms with Crippen LogP contribution in [-0.2, 0) is 6.54 Å². The molecule has 0 saturated carbocycles. The lowest BCUT2D eigenvalue weighted by atomic mass is 10.2. The van der Waals surface area contributed by atoms with E-state index in [1.165, 1.54) is 12.1 Å². The van der Waals surface area contributed by atoms with E-state index in [9.17, 15) is 4.39 Å². The monoisotopic (exact) mass is 338 g/mol. The van der Waals surface area contributed by atoms with E-state index in [-0.39, 0.29) is 5.82 Å². The van der Waals surface area contributed by atoms with Crippen LogP contribution in [0, 0.1) is 5.82 Å². The number of benzene rings is 1. The lowest BCUT2D eigenvalue weighted by Crippen LogP contribution is -2.14. The topological polar surface area (TPSA) is 34.2 Å². The van der Waals surface area contributed by atoms with Crippen LogP contribution < -0.4 is 10.1 Å². The molecule has 5 heteroatoms. The number of hydrogen-bond acceptors (Lipinski definition) is 3. The van der Waals surface area contributed by atoms with Gasteiger partial charge >= 0.3 is 0 Å². The second-order valence-electron chi connectivity index (χ2n) is 4.37. The number of halogens is 2. The maximum Gasteiger partial charge on any atom is 0.150 e. The van der Waals surface area contributed by atoms with Crippen LogP contribution in [0.25, 0.3) is 0 Å². The first-order valence-electron chi connectivity index (χ1n) is 6.46. The highest BCUT2D eigenvalue weighted by atomic mass is 79.9. The molecule has 20 heavy (non-hydrogen) atoms. The Balaban J connectivity index is 2.15. The van der Waals surface area contributed by atoms with Gasteiger partial charge in [0.1, 0.15) is 17.3 Å². The van der Waals surface area contributed by atoms with Crippen molar-refractivity contribution in [2.45, 2.75) is 19.9 Å². The number of nitrogens with one attached hydrogen (secondary N) is 1. The second-order valence-corrected chi connectivity index (χ2v) is 5.28. The van der Waals surface area contributed by atoms with Gasteiger partial charge in [-0.1, -0.05) is 22.9 Å². The number of nitrogens with zero attached hydrogens (tertiary/aromatic N) is 1. The van der Waals surface area contributed by atoms with Gasteiger partial charge in [0.15, 0.2) is 0 Å². The third-order valence-corrected chi connectivity index (χ3v) is 3.13. The summed E-state index contributed by atoms with van der Waals surface area (Å²) >= 11 is 3.25. The standard InChI is InChI=1S/C15H16BrFN2O/c1-2-4-18-9-11-3-5-19-10-15(11)20-14-7-12(16)6-13(17)8-14/h3,5-8,10,18H,2,4,9H2,1H3. The van der Waals surface area contributed by atoms with Crippen molar-refractivity contribution >= 4 is 15.9 Å². The lowest BCUT2D eigenvalue weighted by Gasteiger charge is -2.11. The summed E-state index contributed by atoms with van der Waals surface area (Å²) in [5.41, 5.74) is 0.994. The van der Waals surface area contributed by atoms with Crippen molar-refractivity contribution in [1.82, 2.24) is 10.3 Å². The molecule has 2 rings (SSSR count). The molecule has 0 fully saturated rings. The van der Waals surface area contributed by atoms with E-state index in [0.29, 0.717) is 22.5 Å². The van der Waals surface area contributed by atoms with Gasteiger partial charge in [0.05, 0.1) is 6.20 Å². The van der Waals surface area contributed by atoms with Gasteiger partial charge < -0.3 is 10.1 Å². The van der Waals surface area contributed by atoms with Crippen LogP contribution in [0.15, 0.2) is 41.1 Å². The van der Waals surface area contributed by atoms with Gasteiger partial charge in [-0.3, -0.25) is 4.98 Å². The van der Waals surface area contributed by atoms with Crippen molar-refractivity contribution in [1.29, 1.82) is 0 Å². The van der Waals surface area contributed by atoms with Crippen molar-refractivity contribution in [3.05, 3.63) is 52.5 Å². The van der Waals surface area contributed by atoms with Crippen LogP contribution >= 0.6 is 15.9 Å². The Labute approximate surface area is 126 Å². The van der Waals surface area contributed by atoms with E-state index in [0.717, 1.165) is 18.5 Å². The van der Waals surface area contributed by atoms with Crippen molar-refractivity contribution in [3.8, 4) is 11.5 Å². The van der Waals surface area contributed by atoms with E-state index >= 15 is 0 Å². The summed E-state index contributed by atoms with van der Waals surface area (Å²) in [4.78, 5) is 4.06. The quantitative estimate of drug-likeness (QED) is 0.798. The summed E-state index contributed by atoms with van der Waals surface area (Å²) in [6.07, 6.45) is 4.43.